The van der Waals surface area contributed by atoms with Gasteiger partial charge in [0.25, 0.3) is 0 Å². The second kappa shape index (κ2) is 5.45. The lowest BCUT2D eigenvalue weighted by molar-refractivity contribution is 0.477. The van der Waals surface area contributed by atoms with Gasteiger partial charge in [-0.2, -0.15) is 0 Å². The molecular formula is C11H16ClFN2. The average Bonchev–Trinajstić information content (AvgIpc) is 2.19. The Morgan fingerprint density at radius 3 is 2.67 bits per heavy atom. The van der Waals surface area contributed by atoms with Gasteiger partial charge in [0, 0.05) is 18.6 Å². The van der Waals surface area contributed by atoms with Crippen molar-refractivity contribution >= 4 is 11.6 Å². The molecule has 15 heavy (non-hydrogen) atoms. The van der Waals surface area contributed by atoms with Gasteiger partial charge in [0.05, 0.1) is 5.02 Å². The number of hydrogen-bond acceptors (Lipinski definition) is 2. The highest BCUT2D eigenvalue weighted by molar-refractivity contribution is 6.30. The fourth-order valence-electron chi connectivity index (χ4n) is 1.11. The molecule has 0 fully saturated rings. The minimum atomic E-state index is -0.388. The highest BCUT2D eigenvalue weighted by atomic mass is 35.5. The van der Waals surface area contributed by atoms with Crippen molar-refractivity contribution in [3.63, 3.8) is 0 Å². The van der Waals surface area contributed by atoms with Crippen LogP contribution in [0.1, 0.15) is 19.4 Å². The number of nitrogens with two attached hydrogens (primary N) is 1. The SMILES string of the molecule is CC(N)C(C)NCc1ccc(F)c(Cl)c1. The first-order chi connectivity index (χ1) is 7.00. The highest BCUT2D eigenvalue weighted by Crippen LogP contribution is 2.15. The van der Waals surface area contributed by atoms with Crippen LogP contribution in [0.15, 0.2) is 18.2 Å². The Morgan fingerprint density at radius 1 is 1.47 bits per heavy atom. The molecule has 84 valence electrons. The lowest BCUT2D eigenvalue weighted by Crippen LogP contribution is -2.40. The second-order valence-electron chi connectivity index (χ2n) is 3.78. The van der Waals surface area contributed by atoms with E-state index in [9.17, 15) is 4.39 Å². The summed E-state index contributed by atoms with van der Waals surface area (Å²) in [6, 6.07) is 5.00. The molecule has 1 rings (SSSR count). The summed E-state index contributed by atoms with van der Waals surface area (Å²) in [4.78, 5) is 0. The molecular weight excluding hydrogens is 215 g/mol. The Bertz CT molecular complexity index is 328. The van der Waals surface area contributed by atoms with E-state index in [1.807, 2.05) is 13.8 Å². The zero-order valence-corrected chi connectivity index (χ0v) is 9.68. The zero-order chi connectivity index (χ0) is 11.4. The first-order valence-electron chi connectivity index (χ1n) is 4.93. The van der Waals surface area contributed by atoms with Crippen LogP contribution < -0.4 is 11.1 Å². The largest absolute Gasteiger partial charge is 0.327 e. The summed E-state index contributed by atoms with van der Waals surface area (Å²) in [6.45, 7) is 4.59. The van der Waals surface area contributed by atoms with Gasteiger partial charge in [0.2, 0.25) is 0 Å². The molecule has 2 nitrogen and oxygen atoms in total. The van der Waals surface area contributed by atoms with Gasteiger partial charge < -0.3 is 11.1 Å². The van der Waals surface area contributed by atoms with E-state index in [1.165, 1.54) is 6.07 Å². The maximum atomic E-state index is 12.9. The van der Waals surface area contributed by atoms with Gasteiger partial charge in [-0.15, -0.1) is 0 Å². The van der Waals surface area contributed by atoms with Crippen molar-refractivity contribution in [2.45, 2.75) is 32.5 Å². The lowest BCUT2D eigenvalue weighted by atomic mass is 10.1. The Kier molecular flexibility index (Phi) is 4.51. The van der Waals surface area contributed by atoms with E-state index in [2.05, 4.69) is 5.32 Å². The summed E-state index contributed by atoms with van der Waals surface area (Å²) in [6.07, 6.45) is 0. The maximum Gasteiger partial charge on any atom is 0.141 e. The molecule has 0 aliphatic carbocycles. The third-order valence-electron chi connectivity index (χ3n) is 2.40. The molecule has 0 heterocycles. The first kappa shape index (κ1) is 12.4. The van der Waals surface area contributed by atoms with Crippen LogP contribution >= 0.6 is 11.6 Å². The van der Waals surface area contributed by atoms with Gasteiger partial charge in [0.1, 0.15) is 5.82 Å². The zero-order valence-electron chi connectivity index (χ0n) is 8.93. The minimum Gasteiger partial charge on any atom is -0.327 e. The summed E-state index contributed by atoms with van der Waals surface area (Å²) in [5, 5.41) is 3.39. The van der Waals surface area contributed by atoms with Crippen molar-refractivity contribution in [1.82, 2.24) is 5.32 Å². The van der Waals surface area contributed by atoms with E-state index in [0.29, 0.717) is 6.54 Å². The summed E-state index contributed by atoms with van der Waals surface area (Å²) >= 11 is 5.66. The van der Waals surface area contributed by atoms with Crippen LogP contribution in [-0.4, -0.2) is 12.1 Å². The summed E-state index contributed by atoms with van der Waals surface area (Å²) < 4.78 is 12.9. The summed E-state index contributed by atoms with van der Waals surface area (Å²) in [7, 11) is 0. The first-order valence-corrected chi connectivity index (χ1v) is 5.31. The fourth-order valence-corrected chi connectivity index (χ4v) is 1.32. The molecule has 0 spiro atoms. The molecule has 0 saturated heterocycles. The third kappa shape index (κ3) is 3.78. The van der Waals surface area contributed by atoms with E-state index < -0.39 is 0 Å². The quantitative estimate of drug-likeness (QED) is 0.833. The van der Waals surface area contributed by atoms with Crippen molar-refractivity contribution in [2.75, 3.05) is 0 Å². The molecule has 1 aromatic rings. The monoisotopic (exact) mass is 230 g/mol. The fraction of sp³-hybridized carbons (Fsp3) is 0.455. The summed E-state index contributed by atoms with van der Waals surface area (Å²) in [5.41, 5.74) is 6.66. The van der Waals surface area contributed by atoms with Crippen molar-refractivity contribution in [3.05, 3.63) is 34.6 Å². The van der Waals surface area contributed by atoms with Crippen LogP contribution in [0, 0.1) is 5.82 Å². The van der Waals surface area contributed by atoms with Gasteiger partial charge in [0.15, 0.2) is 0 Å². The van der Waals surface area contributed by atoms with Gasteiger partial charge in [-0.1, -0.05) is 17.7 Å². The van der Waals surface area contributed by atoms with Crippen molar-refractivity contribution in [3.8, 4) is 0 Å². The number of halogens is 2. The Hall–Kier alpha value is -0.640. The predicted molar refractivity (Wildman–Crippen MR) is 61.4 cm³/mol. The van der Waals surface area contributed by atoms with Crippen molar-refractivity contribution in [1.29, 1.82) is 0 Å². The van der Waals surface area contributed by atoms with Crippen LogP contribution in [0.25, 0.3) is 0 Å². The molecule has 0 aliphatic rings. The molecule has 0 amide bonds. The molecule has 0 aliphatic heterocycles. The van der Waals surface area contributed by atoms with Crippen LogP contribution in [0.4, 0.5) is 4.39 Å². The molecule has 0 bridgehead atoms. The van der Waals surface area contributed by atoms with Gasteiger partial charge in [-0.25, -0.2) is 4.39 Å². The molecule has 2 unspecified atom stereocenters. The Morgan fingerprint density at radius 2 is 2.13 bits per heavy atom. The van der Waals surface area contributed by atoms with E-state index in [0.717, 1.165) is 5.56 Å². The maximum absolute atomic E-state index is 12.9. The second-order valence-corrected chi connectivity index (χ2v) is 4.18. The number of rotatable bonds is 4. The Labute approximate surface area is 94.6 Å². The molecule has 2 atom stereocenters. The van der Waals surface area contributed by atoms with Crippen LogP contribution in [0.5, 0.6) is 0 Å². The lowest BCUT2D eigenvalue weighted by Gasteiger charge is -2.17. The van der Waals surface area contributed by atoms with Gasteiger partial charge in [-0.3, -0.25) is 0 Å². The highest BCUT2D eigenvalue weighted by Gasteiger charge is 2.07. The topological polar surface area (TPSA) is 38.0 Å². The van der Waals surface area contributed by atoms with Crippen LogP contribution in [0.3, 0.4) is 0 Å². The molecule has 0 aromatic heterocycles. The number of nitrogens with one attached hydrogen (secondary N) is 1. The molecule has 4 heteroatoms. The minimum absolute atomic E-state index is 0.0842. The van der Waals surface area contributed by atoms with Gasteiger partial charge in [-0.05, 0) is 31.5 Å². The normalized spacial score (nSPS) is 15.0. The number of hydrogen-bond donors (Lipinski definition) is 2. The van der Waals surface area contributed by atoms with Crippen molar-refractivity contribution < 1.29 is 4.39 Å². The molecule has 1 aromatic carbocycles. The van der Waals surface area contributed by atoms with E-state index in [4.69, 9.17) is 17.3 Å². The molecule has 0 saturated carbocycles. The number of benzene rings is 1. The van der Waals surface area contributed by atoms with Crippen LogP contribution in [0.2, 0.25) is 5.02 Å². The Balaban J connectivity index is 2.55. The van der Waals surface area contributed by atoms with E-state index in [1.54, 1.807) is 12.1 Å². The van der Waals surface area contributed by atoms with E-state index >= 15 is 0 Å². The molecule has 3 N–H and O–H groups in total. The third-order valence-corrected chi connectivity index (χ3v) is 2.69. The van der Waals surface area contributed by atoms with Crippen molar-refractivity contribution in [2.24, 2.45) is 5.73 Å². The average molecular weight is 231 g/mol. The van der Waals surface area contributed by atoms with E-state index in [-0.39, 0.29) is 22.9 Å². The predicted octanol–water partition coefficient (Wildman–Crippen LogP) is 2.30. The van der Waals surface area contributed by atoms with Crippen LogP contribution in [-0.2, 0) is 6.54 Å². The standard InChI is InChI=1S/C11H16ClFN2/c1-7(14)8(2)15-6-9-3-4-11(13)10(12)5-9/h3-5,7-8,15H,6,14H2,1-2H3. The van der Waals surface area contributed by atoms with Gasteiger partial charge >= 0.3 is 0 Å². The summed E-state index contributed by atoms with van der Waals surface area (Å²) in [5.74, 6) is -0.388. The molecule has 0 radical (unpaired) electrons. The smallest absolute Gasteiger partial charge is 0.141 e.